The number of aromatic nitrogens is 2. The number of para-hydroxylation sites is 4. The lowest BCUT2D eigenvalue weighted by Gasteiger charge is -2.43. The van der Waals surface area contributed by atoms with Gasteiger partial charge in [0.15, 0.2) is 11.2 Å². The van der Waals surface area contributed by atoms with Crippen LogP contribution in [0.5, 0.6) is 0 Å². The molecule has 2 heterocycles. The topological polar surface area (TPSA) is 58.5 Å². The predicted octanol–water partition coefficient (Wildman–Crippen LogP) is 20.5. The molecular weight excluding hydrogens is 1040 g/mol. The third-order valence-electron chi connectivity index (χ3n) is 19.4. The Labute approximate surface area is 493 Å². The molecule has 6 heteroatoms. The minimum Gasteiger partial charge on any atom is -0.440 e. The average molecular weight is 1100 g/mol. The predicted molar refractivity (Wildman–Crippen MR) is 354 cm³/mol. The molecule has 13 aromatic rings. The first-order chi connectivity index (χ1) is 41.6. The fraction of sp³-hybridized carbons (Fsp3) is 0.139. The molecule has 0 N–H and O–H groups in total. The van der Waals surface area contributed by atoms with Crippen molar-refractivity contribution >= 4 is 115 Å². The van der Waals surface area contributed by atoms with Crippen molar-refractivity contribution in [3.05, 3.63) is 283 Å². The van der Waals surface area contributed by atoms with Gasteiger partial charge in [-0.1, -0.05) is 196 Å². The molecule has 4 aliphatic carbocycles. The fourth-order valence-corrected chi connectivity index (χ4v) is 14.9. The first kappa shape index (κ1) is 49.6. The van der Waals surface area contributed by atoms with E-state index in [1.807, 2.05) is 48.5 Å². The van der Waals surface area contributed by atoms with Gasteiger partial charge < -0.3 is 18.6 Å². The van der Waals surface area contributed by atoms with E-state index in [0.717, 1.165) is 70.0 Å². The Kier molecular flexibility index (Phi) is 10.8. The van der Waals surface area contributed by atoms with Gasteiger partial charge in [-0.05, 0) is 187 Å². The van der Waals surface area contributed by atoms with E-state index in [1.165, 1.54) is 92.6 Å². The molecule has 85 heavy (non-hydrogen) atoms. The van der Waals surface area contributed by atoms with E-state index in [4.69, 9.17) is 18.8 Å². The van der Waals surface area contributed by atoms with Gasteiger partial charge in [0, 0.05) is 33.7 Å². The normalized spacial score (nSPS) is 19.9. The molecule has 0 saturated heterocycles. The zero-order valence-corrected chi connectivity index (χ0v) is 48.0. The Morgan fingerprint density at radius 2 is 0.976 bits per heavy atom. The second-order valence-electron chi connectivity index (χ2n) is 24.8. The molecule has 0 aliphatic heterocycles. The molecule has 0 bridgehead atoms. The lowest BCUT2D eigenvalue weighted by atomic mass is 9.77. The van der Waals surface area contributed by atoms with E-state index >= 15 is 0 Å². The van der Waals surface area contributed by atoms with Crippen molar-refractivity contribution < 1.29 is 8.83 Å². The number of hydrogen-bond acceptors (Lipinski definition) is 6. The first-order valence-electron chi connectivity index (χ1n) is 29.9. The molecule has 17 rings (SSSR count). The number of oxazole rings is 2. The molecule has 0 fully saturated rings. The standard InChI is InChI=1S/C79H60N4O2/c1-77(2)69-47-52(82(50-39-41-78(3,42-40-50)76-81-72-26-14-16-28-74(72)85-76)51-29-33-63-59-21-7-5-17-55(59)57-19-9-11-23-61(57)67(63)45-51)30-35-65(69)66-36-32-54(48-70(66)77)83(79(4)43-37-49(38-44-79)75-80-71-25-13-15-27-73(71)84-75)53-31-34-64-60-22-8-6-18-56(60)58-20-10-12-24-62(58)68(64)46-53/h5-41,43,45-46,48,52H,42,44,47H2,1-4H3. The average Bonchev–Trinajstić information content (AvgIpc) is 2.10. The third kappa shape index (κ3) is 7.64. The first-order valence-corrected chi connectivity index (χ1v) is 29.9. The van der Waals surface area contributed by atoms with Crippen LogP contribution < -0.4 is 9.80 Å². The van der Waals surface area contributed by atoms with Gasteiger partial charge in [-0.15, -0.1) is 0 Å². The van der Waals surface area contributed by atoms with Gasteiger partial charge >= 0.3 is 0 Å². The number of allylic oxidation sites excluding steroid dienone is 7. The van der Waals surface area contributed by atoms with Crippen molar-refractivity contribution in [1.82, 2.24) is 9.97 Å². The van der Waals surface area contributed by atoms with Gasteiger partial charge in [-0.3, -0.25) is 0 Å². The van der Waals surface area contributed by atoms with Crippen LogP contribution in [0.2, 0.25) is 0 Å². The van der Waals surface area contributed by atoms with Crippen molar-refractivity contribution in [1.29, 1.82) is 0 Å². The summed E-state index contributed by atoms with van der Waals surface area (Å²) in [5.41, 5.74) is 13.3. The maximum absolute atomic E-state index is 6.46. The molecule has 3 unspecified atom stereocenters. The van der Waals surface area contributed by atoms with Gasteiger partial charge in [0.2, 0.25) is 11.8 Å². The van der Waals surface area contributed by atoms with Crippen LogP contribution in [0.3, 0.4) is 0 Å². The Bertz CT molecular complexity index is 5080. The lowest BCUT2D eigenvalue weighted by Crippen LogP contribution is -2.42. The number of hydrogen-bond donors (Lipinski definition) is 0. The summed E-state index contributed by atoms with van der Waals surface area (Å²) in [5.74, 6) is 1.39. The van der Waals surface area contributed by atoms with E-state index in [1.54, 1.807) is 0 Å². The number of fused-ring (bicyclic) bond motifs is 16. The number of nitrogens with zero attached hydrogens (tertiary/aromatic N) is 4. The molecule has 4 aliphatic rings. The Morgan fingerprint density at radius 1 is 0.459 bits per heavy atom. The molecular formula is C79H60N4O2. The highest BCUT2D eigenvalue weighted by Crippen LogP contribution is 2.54. The maximum Gasteiger partial charge on any atom is 0.226 e. The molecule has 0 saturated carbocycles. The largest absolute Gasteiger partial charge is 0.440 e. The van der Waals surface area contributed by atoms with Crippen molar-refractivity contribution in [2.24, 2.45) is 0 Å². The third-order valence-corrected chi connectivity index (χ3v) is 19.4. The molecule has 2 aromatic heterocycles. The van der Waals surface area contributed by atoms with Gasteiger partial charge in [0.25, 0.3) is 0 Å². The summed E-state index contributed by atoms with van der Waals surface area (Å²) >= 11 is 0. The summed E-state index contributed by atoms with van der Waals surface area (Å²) in [6.45, 7) is 9.52. The lowest BCUT2D eigenvalue weighted by molar-refractivity contribution is 0.417. The van der Waals surface area contributed by atoms with Gasteiger partial charge in [-0.2, -0.15) is 0 Å². The van der Waals surface area contributed by atoms with Crippen LogP contribution in [0.1, 0.15) is 69.9 Å². The highest BCUT2D eigenvalue weighted by atomic mass is 16.4. The van der Waals surface area contributed by atoms with Crippen LogP contribution in [-0.4, -0.2) is 21.5 Å². The highest BCUT2D eigenvalue weighted by molar-refractivity contribution is 6.27. The molecule has 0 spiro atoms. The van der Waals surface area contributed by atoms with E-state index in [9.17, 15) is 0 Å². The SMILES string of the molecule is CC1(c2nc3ccccc3o2)C=CC(N(c2ccc3c4ccccc4c4ccccc4c3c2)C2C=CC3=C(C2)C(C)(C)c2cc(N(c4ccc5c6ccccc6c6ccccc6c5c4)C4(C)C=CC(c5nc6ccccc6o5)=CC4)ccc23)=CC1. The smallest absolute Gasteiger partial charge is 0.226 e. The zero-order chi connectivity index (χ0) is 56.8. The summed E-state index contributed by atoms with van der Waals surface area (Å²) in [6, 6.07) is 73.2. The van der Waals surface area contributed by atoms with E-state index in [0.29, 0.717) is 5.89 Å². The molecule has 3 atom stereocenters. The minimum absolute atomic E-state index is 0.0223. The molecule has 11 aromatic carbocycles. The van der Waals surface area contributed by atoms with Gasteiger partial charge in [0.05, 0.1) is 17.0 Å². The highest BCUT2D eigenvalue weighted by Gasteiger charge is 2.43. The second kappa shape index (κ2) is 18.5. The number of rotatable bonds is 8. The number of anilines is 3. The van der Waals surface area contributed by atoms with Crippen LogP contribution in [0, 0.1) is 0 Å². The van der Waals surface area contributed by atoms with Crippen molar-refractivity contribution in [2.75, 3.05) is 9.80 Å². The Morgan fingerprint density at radius 3 is 1.54 bits per heavy atom. The summed E-state index contributed by atoms with van der Waals surface area (Å²) in [7, 11) is 0. The molecule has 408 valence electrons. The summed E-state index contributed by atoms with van der Waals surface area (Å²) in [4.78, 5) is 15.1. The van der Waals surface area contributed by atoms with E-state index in [-0.39, 0.29) is 11.5 Å². The van der Waals surface area contributed by atoms with Crippen molar-refractivity contribution in [3.8, 4) is 0 Å². The quantitative estimate of drug-likeness (QED) is 0.141. The van der Waals surface area contributed by atoms with Crippen molar-refractivity contribution in [3.63, 3.8) is 0 Å². The summed E-state index contributed by atoms with van der Waals surface area (Å²) in [6.07, 6.45) is 21.2. The molecule has 6 nitrogen and oxygen atoms in total. The van der Waals surface area contributed by atoms with Gasteiger partial charge in [0.1, 0.15) is 11.0 Å². The monoisotopic (exact) mass is 1100 g/mol. The molecule has 0 radical (unpaired) electrons. The second-order valence-corrected chi connectivity index (χ2v) is 24.8. The van der Waals surface area contributed by atoms with Crippen LogP contribution in [0.4, 0.5) is 17.1 Å². The Hall–Kier alpha value is -10.0. The Balaban J connectivity index is 0.767. The molecule has 0 amide bonds. The van der Waals surface area contributed by atoms with E-state index in [2.05, 4.69) is 238 Å². The maximum atomic E-state index is 6.46. The summed E-state index contributed by atoms with van der Waals surface area (Å²) < 4.78 is 12.8. The van der Waals surface area contributed by atoms with E-state index < -0.39 is 11.0 Å². The zero-order valence-electron chi connectivity index (χ0n) is 48.0. The van der Waals surface area contributed by atoms with Crippen LogP contribution in [-0.2, 0) is 10.8 Å². The van der Waals surface area contributed by atoms with Crippen LogP contribution in [0.15, 0.2) is 269 Å². The minimum atomic E-state index is -0.458. The van der Waals surface area contributed by atoms with Crippen LogP contribution in [0.25, 0.3) is 98.0 Å². The van der Waals surface area contributed by atoms with Crippen molar-refractivity contribution in [2.45, 2.75) is 69.4 Å². The summed E-state index contributed by atoms with van der Waals surface area (Å²) in [5, 5.41) is 15.2. The fourth-order valence-electron chi connectivity index (χ4n) is 14.9. The van der Waals surface area contributed by atoms with Crippen LogP contribution >= 0.6 is 0 Å². The number of benzene rings is 11. The van der Waals surface area contributed by atoms with Gasteiger partial charge in [-0.25, -0.2) is 9.97 Å².